The van der Waals surface area contributed by atoms with E-state index < -0.39 is 0 Å². The Morgan fingerprint density at radius 1 is 1.47 bits per heavy atom. The fraction of sp³-hybridized carbons (Fsp3) is 0.750. The highest BCUT2D eigenvalue weighted by Gasteiger charge is 2.26. The van der Waals surface area contributed by atoms with Crippen molar-refractivity contribution in [1.29, 1.82) is 0 Å². The molecule has 17 heavy (non-hydrogen) atoms. The molecule has 2 aliphatic heterocycles. The fourth-order valence-corrected chi connectivity index (χ4v) is 4.56. The summed E-state index contributed by atoms with van der Waals surface area (Å²) >= 11 is 3.89. The smallest absolute Gasteiger partial charge is 0.111 e. The minimum Gasteiger partial charge on any atom is -0.381 e. The van der Waals surface area contributed by atoms with E-state index in [0.717, 1.165) is 31.9 Å². The van der Waals surface area contributed by atoms with E-state index in [0.29, 0.717) is 12.0 Å². The highest BCUT2D eigenvalue weighted by atomic mass is 32.2. The number of aryl methyl sites for hydroxylation is 1. The van der Waals surface area contributed by atoms with Crippen molar-refractivity contribution in [2.45, 2.75) is 25.3 Å². The van der Waals surface area contributed by atoms with Crippen LogP contribution in [-0.2, 0) is 4.74 Å². The summed E-state index contributed by atoms with van der Waals surface area (Å²) in [5, 5.41) is 4.84. The lowest BCUT2D eigenvalue weighted by molar-refractivity contribution is 0.193. The number of ether oxygens (including phenoxy) is 1. The summed E-state index contributed by atoms with van der Waals surface area (Å²) in [5.41, 5.74) is 1.29. The van der Waals surface area contributed by atoms with Crippen LogP contribution < -0.4 is 5.32 Å². The van der Waals surface area contributed by atoms with Crippen LogP contribution in [0.5, 0.6) is 0 Å². The SMILES string of the molecule is Cc1sc(C2CSCCN2)nc1C1CCOC1. The predicted octanol–water partition coefficient (Wildman–Crippen LogP) is 2.33. The Balaban J connectivity index is 1.79. The van der Waals surface area contributed by atoms with Crippen LogP contribution in [0.3, 0.4) is 0 Å². The van der Waals surface area contributed by atoms with Crippen LogP contribution in [0.25, 0.3) is 0 Å². The van der Waals surface area contributed by atoms with E-state index in [2.05, 4.69) is 12.2 Å². The topological polar surface area (TPSA) is 34.2 Å². The molecule has 2 aliphatic rings. The molecule has 1 aromatic rings. The van der Waals surface area contributed by atoms with E-state index in [4.69, 9.17) is 9.72 Å². The monoisotopic (exact) mass is 270 g/mol. The van der Waals surface area contributed by atoms with Crippen LogP contribution >= 0.6 is 23.1 Å². The van der Waals surface area contributed by atoms with E-state index in [1.165, 1.54) is 21.3 Å². The van der Waals surface area contributed by atoms with Crippen LogP contribution in [0.15, 0.2) is 0 Å². The Morgan fingerprint density at radius 2 is 2.41 bits per heavy atom. The van der Waals surface area contributed by atoms with Gasteiger partial charge in [0.25, 0.3) is 0 Å². The van der Waals surface area contributed by atoms with E-state index in [9.17, 15) is 0 Å². The fourth-order valence-electron chi connectivity index (χ4n) is 2.43. The summed E-state index contributed by atoms with van der Waals surface area (Å²) in [4.78, 5) is 6.26. The molecule has 1 aromatic heterocycles. The summed E-state index contributed by atoms with van der Waals surface area (Å²) in [6.07, 6.45) is 1.14. The van der Waals surface area contributed by atoms with Crippen molar-refractivity contribution in [3.63, 3.8) is 0 Å². The molecule has 3 heterocycles. The summed E-state index contributed by atoms with van der Waals surface area (Å²) in [6, 6.07) is 0.466. The molecule has 0 radical (unpaired) electrons. The molecule has 5 heteroatoms. The molecule has 0 aromatic carbocycles. The van der Waals surface area contributed by atoms with Crippen LogP contribution in [0.4, 0.5) is 0 Å². The van der Waals surface area contributed by atoms with Crippen LogP contribution in [0.1, 0.15) is 34.0 Å². The van der Waals surface area contributed by atoms with Gasteiger partial charge in [0, 0.05) is 35.5 Å². The molecule has 2 saturated heterocycles. The lowest BCUT2D eigenvalue weighted by atomic mass is 10.0. The molecule has 94 valence electrons. The first kappa shape index (κ1) is 12.0. The second-order valence-electron chi connectivity index (χ2n) is 4.64. The minimum atomic E-state index is 0.466. The van der Waals surface area contributed by atoms with Gasteiger partial charge in [-0.05, 0) is 13.3 Å². The molecule has 3 nitrogen and oxygen atoms in total. The van der Waals surface area contributed by atoms with Gasteiger partial charge in [0.05, 0.1) is 18.3 Å². The van der Waals surface area contributed by atoms with Gasteiger partial charge in [-0.25, -0.2) is 4.98 Å². The zero-order chi connectivity index (χ0) is 11.7. The average Bonchev–Trinajstić information content (AvgIpc) is 2.99. The van der Waals surface area contributed by atoms with Crippen LogP contribution in [0.2, 0.25) is 0 Å². The first-order valence-corrected chi connectivity index (χ1v) is 8.18. The summed E-state index contributed by atoms with van der Waals surface area (Å²) < 4.78 is 5.47. The van der Waals surface area contributed by atoms with Gasteiger partial charge in [-0.2, -0.15) is 11.8 Å². The van der Waals surface area contributed by atoms with Gasteiger partial charge in [-0.3, -0.25) is 0 Å². The number of aromatic nitrogens is 1. The number of nitrogens with zero attached hydrogens (tertiary/aromatic N) is 1. The molecule has 2 unspecified atom stereocenters. The second kappa shape index (κ2) is 5.26. The first-order chi connectivity index (χ1) is 8.34. The minimum absolute atomic E-state index is 0.466. The molecule has 0 amide bonds. The van der Waals surface area contributed by atoms with Crippen molar-refractivity contribution in [2.24, 2.45) is 0 Å². The maximum atomic E-state index is 5.47. The highest BCUT2D eigenvalue weighted by molar-refractivity contribution is 7.99. The van der Waals surface area contributed by atoms with Gasteiger partial charge in [-0.15, -0.1) is 11.3 Å². The average molecular weight is 270 g/mol. The number of hydrogen-bond donors (Lipinski definition) is 1. The summed E-state index contributed by atoms with van der Waals surface area (Å²) in [7, 11) is 0. The number of thiazole rings is 1. The molecular weight excluding hydrogens is 252 g/mol. The largest absolute Gasteiger partial charge is 0.381 e. The Morgan fingerprint density at radius 3 is 3.12 bits per heavy atom. The maximum Gasteiger partial charge on any atom is 0.111 e. The second-order valence-corrected chi connectivity index (χ2v) is 7.02. The molecule has 0 saturated carbocycles. The number of nitrogens with one attached hydrogen (secondary N) is 1. The highest BCUT2D eigenvalue weighted by Crippen LogP contribution is 2.33. The molecule has 3 rings (SSSR count). The zero-order valence-corrected chi connectivity index (χ0v) is 11.7. The van der Waals surface area contributed by atoms with Gasteiger partial charge in [0.2, 0.25) is 0 Å². The van der Waals surface area contributed by atoms with E-state index >= 15 is 0 Å². The molecular formula is C12H18N2OS2. The van der Waals surface area contributed by atoms with Crippen molar-refractivity contribution in [3.05, 3.63) is 15.6 Å². The van der Waals surface area contributed by atoms with Gasteiger partial charge in [0.1, 0.15) is 5.01 Å². The lowest BCUT2D eigenvalue weighted by Gasteiger charge is -2.20. The Bertz CT molecular complexity index is 382. The molecule has 0 aliphatic carbocycles. The van der Waals surface area contributed by atoms with E-state index in [-0.39, 0.29) is 0 Å². The standard InChI is InChI=1S/C12H18N2OS2/c1-8-11(9-2-4-15-6-9)14-12(17-8)10-7-16-5-3-13-10/h9-10,13H,2-7H2,1H3. The van der Waals surface area contributed by atoms with Crippen LogP contribution in [-0.4, -0.2) is 36.2 Å². The van der Waals surface area contributed by atoms with E-state index in [1.54, 1.807) is 0 Å². The predicted molar refractivity (Wildman–Crippen MR) is 73.1 cm³/mol. The van der Waals surface area contributed by atoms with Gasteiger partial charge in [0.15, 0.2) is 0 Å². The van der Waals surface area contributed by atoms with E-state index in [1.807, 2.05) is 23.1 Å². The third-order valence-electron chi connectivity index (χ3n) is 3.39. The van der Waals surface area contributed by atoms with Crippen molar-refractivity contribution in [1.82, 2.24) is 10.3 Å². The van der Waals surface area contributed by atoms with Crippen molar-refractivity contribution >= 4 is 23.1 Å². The van der Waals surface area contributed by atoms with Gasteiger partial charge >= 0.3 is 0 Å². The number of hydrogen-bond acceptors (Lipinski definition) is 5. The third-order valence-corrected chi connectivity index (χ3v) is 5.55. The quantitative estimate of drug-likeness (QED) is 0.894. The zero-order valence-electron chi connectivity index (χ0n) is 10.1. The molecule has 1 N–H and O–H groups in total. The molecule has 0 spiro atoms. The van der Waals surface area contributed by atoms with Crippen molar-refractivity contribution < 1.29 is 4.74 Å². The van der Waals surface area contributed by atoms with Gasteiger partial charge in [-0.1, -0.05) is 0 Å². The Hall–Kier alpha value is -0.100. The number of rotatable bonds is 2. The molecule has 2 fully saturated rings. The Labute approximate surface area is 110 Å². The summed E-state index contributed by atoms with van der Waals surface area (Å²) in [6.45, 7) is 5.06. The lowest BCUT2D eigenvalue weighted by Crippen LogP contribution is -2.30. The summed E-state index contributed by atoms with van der Waals surface area (Å²) in [5.74, 6) is 2.92. The molecule has 2 atom stereocenters. The number of thioether (sulfide) groups is 1. The van der Waals surface area contributed by atoms with Gasteiger partial charge < -0.3 is 10.1 Å². The maximum absolute atomic E-state index is 5.47. The first-order valence-electron chi connectivity index (χ1n) is 6.20. The Kier molecular flexibility index (Phi) is 3.70. The van der Waals surface area contributed by atoms with Crippen LogP contribution in [0, 0.1) is 6.92 Å². The third kappa shape index (κ3) is 2.52. The normalized spacial score (nSPS) is 29.7. The van der Waals surface area contributed by atoms with Crippen molar-refractivity contribution in [2.75, 3.05) is 31.3 Å². The molecule has 0 bridgehead atoms. The van der Waals surface area contributed by atoms with Crippen molar-refractivity contribution in [3.8, 4) is 0 Å².